The highest BCUT2D eigenvalue weighted by molar-refractivity contribution is 7.23. The van der Waals surface area contributed by atoms with Gasteiger partial charge in [0.15, 0.2) is 0 Å². The Morgan fingerprint density at radius 2 is 1.73 bits per heavy atom. The van der Waals surface area contributed by atoms with Gasteiger partial charge >= 0.3 is 0 Å². The van der Waals surface area contributed by atoms with Gasteiger partial charge < -0.3 is 10.2 Å². The van der Waals surface area contributed by atoms with Crippen LogP contribution in [0.3, 0.4) is 0 Å². The minimum atomic E-state index is -1.24. The number of rotatable bonds is 6. The van der Waals surface area contributed by atoms with Crippen molar-refractivity contribution in [3.05, 3.63) is 101 Å². The summed E-state index contributed by atoms with van der Waals surface area (Å²) in [5.41, 5.74) is 3.08. The van der Waals surface area contributed by atoms with Crippen molar-refractivity contribution in [2.24, 2.45) is 0 Å². The van der Waals surface area contributed by atoms with E-state index in [1.807, 2.05) is 37.3 Å². The Kier molecular flexibility index (Phi) is 6.04. The van der Waals surface area contributed by atoms with Crippen LogP contribution < -0.4 is 0 Å². The molecule has 1 saturated carbocycles. The van der Waals surface area contributed by atoms with Crippen LogP contribution >= 0.6 is 22.7 Å². The van der Waals surface area contributed by atoms with Crippen LogP contribution in [0.15, 0.2) is 85.3 Å². The molecule has 0 aliphatic heterocycles. The molecule has 37 heavy (non-hydrogen) atoms. The summed E-state index contributed by atoms with van der Waals surface area (Å²) in [6, 6.07) is 22.4. The first kappa shape index (κ1) is 24.1. The molecule has 5 aromatic rings. The van der Waals surface area contributed by atoms with E-state index in [4.69, 9.17) is 4.98 Å². The Labute approximate surface area is 224 Å². The summed E-state index contributed by atoms with van der Waals surface area (Å²) in [5.74, 6) is 0.185. The first-order chi connectivity index (χ1) is 17.8. The van der Waals surface area contributed by atoms with Gasteiger partial charge in [0.1, 0.15) is 15.6 Å². The molecule has 7 heteroatoms. The van der Waals surface area contributed by atoms with E-state index in [9.17, 15) is 10.2 Å². The molecule has 2 aromatic carbocycles. The third kappa shape index (κ3) is 4.42. The van der Waals surface area contributed by atoms with Crippen molar-refractivity contribution in [3.63, 3.8) is 0 Å². The fraction of sp³-hybridized carbons (Fsp3) is 0.233. The van der Waals surface area contributed by atoms with E-state index in [1.165, 1.54) is 16.9 Å². The number of hydrogen-bond donors (Lipinski definition) is 2. The van der Waals surface area contributed by atoms with Crippen molar-refractivity contribution in [2.75, 3.05) is 0 Å². The summed E-state index contributed by atoms with van der Waals surface area (Å²) in [6.45, 7) is 3.67. The van der Waals surface area contributed by atoms with Crippen LogP contribution in [0.1, 0.15) is 48.7 Å². The molecule has 3 atom stereocenters. The summed E-state index contributed by atoms with van der Waals surface area (Å²) in [4.78, 5) is 15.8. The van der Waals surface area contributed by atoms with Crippen LogP contribution in [-0.2, 0) is 5.60 Å². The second-order valence-corrected chi connectivity index (χ2v) is 12.0. The average Bonchev–Trinajstić information content (AvgIpc) is 3.58. The average molecular weight is 526 g/mol. The Morgan fingerprint density at radius 1 is 0.946 bits per heavy atom. The van der Waals surface area contributed by atoms with Crippen LogP contribution in [0, 0.1) is 0 Å². The van der Waals surface area contributed by atoms with Gasteiger partial charge in [-0.2, -0.15) is 0 Å². The van der Waals surface area contributed by atoms with E-state index in [-0.39, 0.29) is 5.92 Å². The summed E-state index contributed by atoms with van der Waals surface area (Å²) in [5, 5.41) is 23.2. The van der Waals surface area contributed by atoms with Crippen molar-refractivity contribution < 1.29 is 10.2 Å². The number of aromatic nitrogens is 3. The maximum Gasteiger partial charge on any atom is 0.140 e. The first-order valence-electron chi connectivity index (χ1n) is 12.3. The van der Waals surface area contributed by atoms with E-state index in [0.717, 1.165) is 44.4 Å². The number of aliphatic hydroxyl groups is 2. The highest BCUT2D eigenvalue weighted by atomic mass is 32.1. The fourth-order valence-electron chi connectivity index (χ4n) is 4.88. The summed E-state index contributed by atoms with van der Waals surface area (Å²) < 4.78 is 0. The molecule has 0 spiro atoms. The molecule has 6 rings (SSSR count). The van der Waals surface area contributed by atoms with Crippen LogP contribution in [0.4, 0.5) is 0 Å². The highest BCUT2D eigenvalue weighted by Crippen LogP contribution is 2.47. The molecule has 0 saturated heterocycles. The molecule has 1 aliphatic rings. The van der Waals surface area contributed by atoms with Gasteiger partial charge in [-0.15, -0.1) is 22.7 Å². The van der Waals surface area contributed by atoms with Crippen LogP contribution in [0.5, 0.6) is 0 Å². The molecule has 3 aromatic heterocycles. The first-order valence-corrected chi connectivity index (χ1v) is 13.9. The lowest BCUT2D eigenvalue weighted by Gasteiger charge is -2.43. The maximum atomic E-state index is 11.2. The molecule has 2 N–H and O–H groups in total. The summed E-state index contributed by atoms with van der Waals surface area (Å²) in [7, 11) is 0. The molecular formula is C30H27N3O2S2. The normalized spacial score (nSPS) is 20.8. The summed E-state index contributed by atoms with van der Waals surface area (Å²) in [6.07, 6.45) is 7.01. The molecule has 5 nitrogen and oxygen atoms in total. The zero-order valence-corrected chi connectivity index (χ0v) is 22.3. The van der Waals surface area contributed by atoms with Crippen LogP contribution in [0.2, 0.25) is 0 Å². The molecule has 186 valence electrons. The predicted molar refractivity (Wildman–Crippen MR) is 150 cm³/mol. The molecule has 3 unspecified atom stereocenters. The topological polar surface area (TPSA) is 79.1 Å². The predicted octanol–water partition coefficient (Wildman–Crippen LogP) is 6.88. The molecule has 0 amide bonds. The van der Waals surface area contributed by atoms with Crippen LogP contribution in [-0.4, -0.2) is 30.8 Å². The Balaban J connectivity index is 1.38. The molecular weight excluding hydrogens is 498 g/mol. The Bertz CT molecular complexity index is 1520. The lowest BCUT2D eigenvalue weighted by molar-refractivity contribution is -0.0405. The largest absolute Gasteiger partial charge is 0.390 e. The Hall–Kier alpha value is -3.23. The quantitative estimate of drug-likeness (QED) is 0.253. The monoisotopic (exact) mass is 525 g/mol. The van der Waals surface area contributed by atoms with E-state index < -0.39 is 11.2 Å². The molecule has 1 aliphatic carbocycles. The van der Waals surface area contributed by atoms with E-state index in [1.54, 1.807) is 36.9 Å². The highest BCUT2D eigenvalue weighted by Gasteiger charge is 2.41. The van der Waals surface area contributed by atoms with Crippen molar-refractivity contribution in [3.8, 4) is 31.6 Å². The smallest absolute Gasteiger partial charge is 0.140 e. The van der Waals surface area contributed by atoms with Gasteiger partial charge in [-0.05, 0) is 43.9 Å². The SMILES string of the molecule is CC(O)(c1cccnc1)c1ncc(-c2nc(-c3ccc(C4CCC4(C)O)cc3)c(-c3ccccc3)s2)s1. The number of hydrogen-bond acceptors (Lipinski definition) is 7. The zero-order chi connectivity index (χ0) is 25.6. The van der Waals surface area contributed by atoms with Crippen LogP contribution in [0.25, 0.3) is 31.6 Å². The second kappa shape index (κ2) is 9.26. The standard InChI is InChI=1S/C30H27N3O2S2/c1-29(34)15-14-23(29)19-10-12-20(13-11-19)25-26(21-7-4-3-5-8-21)37-27(33-25)24-18-32-28(36-24)30(2,35)22-9-6-16-31-17-22/h3-13,16-18,23,34-35H,14-15H2,1-2H3. The molecule has 1 fully saturated rings. The van der Waals surface area contributed by atoms with Gasteiger partial charge in [0.05, 0.1) is 21.0 Å². The zero-order valence-electron chi connectivity index (χ0n) is 20.6. The van der Waals surface area contributed by atoms with Crippen molar-refractivity contribution >= 4 is 22.7 Å². The summed E-state index contributed by atoms with van der Waals surface area (Å²) >= 11 is 3.08. The lowest BCUT2D eigenvalue weighted by atomic mass is 9.67. The van der Waals surface area contributed by atoms with Gasteiger partial charge in [0.2, 0.25) is 0 Å². The van der Waals surface area contributed by atoms with Crippen molar-refractivity contribution in [1.82, 2.24) is 15.0 Å². The van der Waals surface area contributed by atoms with Crippen molar-refractivity contribution in [2.45, 2.75) is 43.8 Å². The minimum absolute atomic E-state index is 0.185. The minimum Gasteiger partial charge on any atom is -0.390 e. The fourth-order valence-corrected chi connectivity index (χ4v) is 7.00. The van der Waals surface area contributed by atoms with Gasteiger partial charge in [-0.1, -0.05) is 60.7 Å². The van der Waals surface area contributed by atoms with Crippen molar-refractivity contribution in [1.29, 1.82) is 0 Å². The second-order valence-electron chi connectivity index (χ2n) is 9.98. The van der Waals surface area contributed by atoms with Gasteiger partial charge in [0.25, 0.3) is 0 Å². The molecule has 0 bridgehead atoms. The Morgan fingerprint density at radius 3 is 2.38 bits per heavy atom. The van der Waals surface area contributed by atoms with E-state index >= 15 is 0 Å². The third-order valence-corrected chi connectivity index (χ3v) is 9.78. The van der Waals surface area contributed by atoms with Gasteiger partial charge in [-0.25, -0.2) is 9.97 Å². The number of benzene rings is 2. The number of nitrogens with zero attached hydrogens (tertiary/aromatic N) is 3. The molecule has 3 heterocycles. The van der Waals surface area contributed by atoms with E-state index in [2.05, 4.69) is 46.4 Å². The van der Waals surface area contributed by atoms with Gasteiger partial charge in [0, 0.05) is 35.6 Å². The third-order valence-electron chi connectivity index (χ3n) is 7.30. The number of thiazole rings is 2. The van der Waals surface area contributed by atoms with Gasteiger partial charge in [-0.3, -0.25) is 4.98 Å². The van der Waals surface area contributed by atoms with E-state index in [0.29, 0.717) is 10.6 Å². The maximum absolute atomic E-state index is 11.2. The lowest BCUT2D eigenvalue weighted by Crippen LogP contribution is -2.42. The molecule has 0 radical (unpaired) electrons. The number of pyridine rings is 1.